The Morgan fingerprint density at radius 2 is 1.90 bits per heavy atom. The Morgan fingerprint density at radius 1 is 1.15 bits per heavy atom. The molecule has 0 saturated carbocycles. The Kier molecular flexibility index (Phi) is 3.08. The highest BCUT2D eigenvalue weighted by Crippen LogP contribution is 2.28. The van der Waals surface area contributed by atoms with E-state index in [0.717, 1.165) is 28.0 Å². The highest BCUT2D eigenvalue weighted by atomic mass is 32.1. The van der Waals surface area contributed by atoms with Gasteiger partial charge in [0.1, 0.15) is 11.0 Å². The SMILES string of the molecule is Cc1ccc2nsnc2c1Nc1ccc(C(N)=O)cc1. The Bertz CT molecular complexity index is 779. The predicted octanol–water partition coefficient (Wildman–Crippen LogP) is 2.84. The van der Waals surface area contributed by atoms with Crippen LogP contribution in [-0.2, 0) is 0 Å². The summed E-state index contributed by atoms with van der Waals surface area (Å²) in [5, 5.41) is 3.32. The summed E-state index contributed by atoms with van der Waals surface area (Å²) in [6.07, 6.45) is 0. The van der Waals surface area contributed by atoms with E-state index in [1.165, 1.54) is 11.7 Å². The Labute approximate surface area is 119 Å². The maximum absolute atomic E-state index is 11.0. The number of nitrogens with zero attached hydrogens (tertiary/aromatic N) is 2. The number of carbonyl (C=O) groups is 1. The number of nitrogens with one attached hydrogen (secondary N) is 1. The average Bonchev–Trinajstić information content (AvgIpc) is 2.91. The van der Waals surface area contributed by atoms with Crippen LogP contribution in [0.3, 0.4) is 0 Å². The van der Waals surface area contributed by atoms with E-state index >= 15 is 0 Å². The van der Waals surface area contributed by atoms with Crippen LogP contribution in [0, 0.1) is 6.92 Å². The van der Waals surface area contributed by atoms with Crippen LogP contribution in [0.5, 0.6) is 0 Å². The van der Waals surface area contributed by atoms with Crippen LogP contribution in [0.2, 0.25) is 0 Å². The second-order valence-corrected chi connectivity index (χ2v) is 4.98. The summed E-state index contributed by atoms with van der Waals surface area (Å²) in [6, 6.07) is 11.0. The Balaban J connectivity index is 1.98. The molecule has 5 nitrogen and oxygen atoms in total. The molecule has 3 N–H and O–H groups in total. The molecule has 0 aliphatic heterocycles. The van der Waals surface area contributed by atoms with Crippen molar-refractivity contribution >= 4 is 40.0 Å². The second-order valence-electron chi connectivity index (χ2n) is 4.46. The third-order valence-corrected chi connectivity index (χ3v) is 3.62. The molecular formula is C14H12N4OS. The standard InChI is InChI=1S/C14H12N4OS/c1-8-2-7-11-13(18-20-17-11)12(8)16-10-5-3-9(4-6-10)14(15)19/h2-7,16H,1H3,(H2,15,19). The summed E-state index contributed by atoms with van der Waals surface area (Å²) < 4.78 is 8.54. The van der Waals surface area contributed by atoms with Crippen molar-refractivity contribution in [2.24, 2.45) is 5.73 Å². The van der Waals surface area contributed by atoms with E-state index in [1.807, 2.05) is 31.2 Å². The average molecular weight is 284 g/mol. The van der Waals surface area contributed by atoms with Crippen LogP contribution < -0.4 is 11.1 Å². The van der Waals surface area contributed by atoms with Gasteiger partial charge in [0.25, 0.3) is 0 Å². The first-order valence-electron chi connectivity index (χ1n) is 6.04. The van der Waals surface area contributed by atoms with E-state index in [1.54, 1.807) is 12.1 Å². The third-order valence-electron chi connectivity index (χ3n) is 3.08. The molecule has 0 atom stereocenters. The van der Waals surface area contributed by atoms with Gasteiger partial charge in [-0.25, -0.2) is 0 Å². The van der Waals surface area contributed by atoms with Crippen molar-refractivity contribution < 1.29 is 4.79 Å². The van der Waals surface area contributed by atoms with Crippen molar-refractivity contribution in [3.05, 3.63) is 47.5 Å². The molecular weight excluding hydrogens is 272 g/mol. The van der Waals surface area contributed by atoms with Crippen LogP contribution in [0.1, 0.15) is 15.9 Å². The number of hydrogen-bond acceptors (Lipinski definition) is 5. The number of carbonyl (C=O) groups excluding carboxylic acids is 1. The number of fused-ring (bicyclic) bond motifs is 1. The number of aryl methyl sites for hydroxylation is 1. The number of amides is 1. The summed E-state index contributed by atoms with van der Waals surface area (Å²) in [5.41, 5.74) is 10.3. The molecule has 3 rings (SSSR count). The van der Waals surface area contributed by atoms with Gasteiger partial charge in [0, 0.05) is 11.3 Å². The summed E-state index contributed by atoms with van der Waals surface area (Å²) in [4.78, 5) is 11.0. The number of anilines is 2. The summed E-state index contributed by atoms with van der Waals surface area (Å²) in [5.74, 6) is -0.432. The lowest BCUT2D eigenvalue weighted by atomic mass is 10.1. The van der Waals surface area contributed by atoms with Gasteiger partial charge >= 0.3 is 0 Å². The molecule has 0 radical (unpaired) electrons. The first-order valence-corrected chi connectivity index (χ1v) is 6.77. The lowest BCUT2D eigenvalue weighted by molar-refractivity contribution is 0.100. The number of benzene rings is 2. The van der Waals surface area contributed by atoms with Crippen LogP contribution in [0.25, 0.3) is 11.0 Å². The van der Waals surface area contributed by atoms with Crippen molar-refractivity contribution in [2.45, 2.75) is 6.92 Å². The number of hydrogen-bond donors (Lipinski definition) is 2. The third kappa shape index (κ3) is 2.21. The molecule has 0 unspecified atom stereocenters. The molecule has 1 amide bonds. The quantitative estimate of drug-likeness (QED) is 0.775. The number of rotatable bonds is 3. The van der Waals surface area contributed by atoms with Crippen molar-refractivity contribution in [3.63, 3.8) is 0 Å². The molecule has 2 aromatic carbocycles. The highest BCUT2D eigenvalue weighted by molar-refractivity contribution is 7.00. The van der Waals surface area contributed by atoms with Gasteiger partial charge in [-0.1, -0.05) is 6.07 Å². The van der Waals surface area contributed by atoms with Crippen LogP contribution >= 0.6 is 11.7 Å². The normalized spacial score (nSPS) is 10.7. The van der Waals surface area contributed by atoms with Crippen molar-refractivity contribution in [1.29, 1.82) is 0 Å². The molecule has 3 aromatic rings. The van der Waals surface area contributed by atoms with Gasteiger partial charge in [0.15, 0.2) is 0 Å². The minimum atomic E-state index is -0.432. The molecule has 0 spiro atoms. The fourth-order valence-corrected chi connectivity index (χ4v) is 2.51. The van der Waals surface area contributed by atoms with E-state index in [-0.39, 0.29) is 0 Å². The molecule has 0 fully saturated rings. The molecule has 1 heterocycles. The van der Waals surface area contributed by atoms with E-state index in [2.05, 4.69) is 14.1 Å². The molecule has 0 aliphatic carbocycles. The van der Waals surface area contributed by atoms with Gasteiger partial charge in [-0.15, -0.1) is 0 Å². The van der Waals surface area contributed by atoms with Gasteiger partial charge in [0.2, 0.25) is 5.91 Å². The predicted molar refractivity (Wildman–Crippen MR) is 80.4 cm³/mol. The number of nitrogens with two attached hydrogens (primary N) is 1. The van der Waals surface area contributed by atoms with Crippen molar-refractivity contribution in [1.82, 2.24) is 8.75 Å². The van der Waals surface area contributed by atoms with E-state index in [4.69, 9.17) is 5.73 Å². The van der Waals surface area contributed by atoms with Gasteiger partial charge in [0.05, 0.1) is 17.4 Å². The van der Waals surface area contributed by atoms with Crippen molar-refractivity contribution in [3.8, 4) is 0 Å². The van der Waals surface area contributed by atoms with Crippen molar-refractivity contribution in [2.75, 3.05) is 5.32 Å². The largest absolute Gasteiger partial charge is 0.366 e. The second kappa shape index (κ2) is 4.90. The van der Waals surface area contributed by atoms with Gasteiger partial charge in [-0.3, -0.25) is 4.79 Å². The maximum atomic E-state index is 11.0. The fraction of sp³-hybridized carbons (Fsp3) is 0.0714. The lowest BCUT2D eigenvalue weighted by Gasteiger charge is -2.10. The van der Waals surface area contributed by atoms with Crippen LogP contribution in [0.15, 0.2) is 36.4 Å². The molecule has 0 aliphatic rings. The molecule has 1 aromatic heterocycles. The topological polar surface area (TPSA) is 80.9 Å². The number of aromatic nitrogens is 2. The minimum Gasteiger partial charge on any atom is -0.366 e. The smallest absolute Gasteiger partial charge is 0.248 e. The van der Waals surface area contributed by atoms with E-state index in [0.29, 0.717) is 5.56 Å². The first kappa shape index (κ1) is 12.6. The molecule has 0 saturated heterocycles. The van der Waals surface area contributed by atoms with Gasteiger partial charge in [-0.2, -0.15) is 8.75 Å². The minimum absolute atomic E-state index is 0.432. The van der Waals surface area contributed by atoms with Crippen LogP contribution in [-0.4, -0.2) is 14.7 Å². The van der Waals surface area contributed by atoms with Gasteiger partial charge in [-0.05, 0) is 42.8 Å². The Morgan fingerprint density at radius 3 is 2.60 bits per heavy atom. The zero-order valence-electron chi connectivity index (χ0n) is 10.8. The highest BCUT2D eigenvalue weighted by Gasteiger charge is 2.09. The molecule has 0 bridgehead atoms. The van der Waals surface area contributed by atoms with Gasteiger partial charge < -0.3 is 11.1 Å². The monoisotopic (exact) mass is 284 g/mol. The Hall–Kier alpha value is -2.47. The summed E-state index contributed by atoms with van der Waals surface area (Å²) >= 11 is 1.19. The zero-order chi connectivity index (χ0) is 14.1. The first-order chi connectivity index (χ1) is 9.65. The van der Waals surface area contributed by atoms with E-state index < -0.39 is 5.91 Å². The number of primary amides is 1. The maximum Gasteiger partial charge on any atom is 0.248 e. The van der Waals surface area contributed by atoms with Crippen LogP contribution in [0.4, 0.5) is 11.4 Å². The molecule has 6 heteroatoms. The molecule has 20 heavy (non-hydrogen) atoms. The fourth-order valence-electron chi connectivity index (χ4n) is 1.97. The summed E-state index contributed by atoms with van der Waals surface area (Å²) in [6.45, 7) is 2.01. The molecule has 100 valence electrons. The van der Waals surface area contributed by atoms with E-state index in [9.17, 15) is 4.79 Å². The zero-order valence-corrected chi connectivity index (χ0v) is 11.6. The lowest BCUT2D eigenvalue weighted by Crippen LogP contribution is -2.10. The summed E-state index contributed by atoms with van der Waals surface area (Å²) in [7, 11) is 0.